The number of hydrogen-bond donors (Lipinski definition) is 2. The van der Waals surface area contributed by atoms with Crippen molar-refractivity contribution in [3.05, 3.63) is 54.1 Å². The Balaban J connectivity index is 1.98. The minimum absolute atomic E-state index is 0.137. The number of aliphatic carboxylic acids is 1. The third kappa shape index (κ3) is 4.03. The predicted octanol–water partition coefficient (Wildman–Crippen LogP) is 3.08. The van der Waals surface area contributed by atoms with Crippen molar-refractivity contribution in [2.24, 2.45) is 0 Å². The fourth-order valence-electron chi connectivity index (χ4n) is 1.65. The van der Waals surface area contributed by atoms with Gasteiger partial charge in [-0.15, -0.1) is 0 Å². The van der Waals surface area contributed by atoms with Crippen molar-refractivity contribution in [2.45, 2.75) is 12.8 Å². The lowest BCUT2D eigenvalue weighted by Gasteiger charge is -2.06. The Morgan fingerprint density at radius 1 is 1.00 bits per heavy atom. The van der Waals surface area contributed by atoms with Crippen LogP contribution in [0.5, 0.6) is 11.5 Å². The summed E-state index contributed by atoms with van der Waals surface area (Å²) >= 11 is 0. The highest BCUT2D eigenvalue weighted by Gasteiger charge is 2.01. The Morgan fingerprint density at radius 3 is 2.05 bits per heavy atom. The number of ether oxygens (including phenoxy) is 1. The van der Waals surface area contributed by atoms with Crippen LogP contribution in [-0.2, 0) is 11.2 Å². The lowest BCUT2D eigenvalue weighted by atomic mass is 10.1. The van der Waals surface area contributed by atoms with Gasteiger partial charge in [0.1, 0.15) is 11.5 Å². The Morgan fingerprint density at radius 2 is 1.53 bits per heavy atom. The first-order valence-electron chi connectivity index (χ1n) is 5.97. The first-order chi connectivity index (χ1) is 9.13. The average Bonchev–Trinajstić information content (AvgIpc) is 2.40. The van der Waals surface area contributed by atoms with Gasteiger partial charge in [-0.05, 0) is 48.4 Å². The summed E-state index contributed by atoms with van der Waals surface area (Å²) in [4.78, 5) is 10.5. The molecule has 2 aromatic carbocycles. The Bertz CT molecular complexity index is 547. The van der Waals surface area contributed by atoms with Crippen LogP contribution in [0.25, 0.3) is 0 Å². The van der Waals surface area contributed by atoms with E-state index in [2.05, 4.69) is 0 Å². The molecule has 2 rings (SSSR count). The van der Waals surface area contributed by atoms with Gasteiger partial charge in [-0.3, -0.25) is 4.79 Å². The van der Waals surface area contributed by atoms with Gasteiger partial charge < -0.3 is 15.6 Å². The molecular formula is C15H15NO3. The van der Waals surface area contributed by atoms with E-state index in [0.717, 1.165) is 5.56 Å². The van der Waals surface area contributed by atoms with Crippen molar-refractivity contribution < 1.29 is 14.6 Å². The van der Waals surface area contributed by atoms with Crippen LogP contribution in [0.3, 0.4) is 0 Å². The number of nitrogens with two attached hydrogens (primary N) is 1. The summed E-state index contributed by atoms with van der Waals surface area (Å²) in [6.07, 6.45) is 0.662. The zero-order valence-electron chi connectivity index (χ0n) is 10.4. The molecule has 0 fully saturated rings. The number of aryl methyl sites for hydroxylation is 1. The number of anilines is 1. The van der Waals surface area contributed by atoms with Crippen LogP contribution < -0.4 is 10.5 Å². The van der Waals surface area contributed by atoms with Crippen molar-refractivity contribution in [2.75, 3.05) is 5.73 Å². The predicted molar refractivity (Wildman–Crippen MR) is 73.3 cm³/mol. The highest BCUT2D eigenvalue weighted by atomic mass is 16.5. The van der Waals surface area contributed by atoms with E-state index in [1.807, 2.05) is 24.3 Å². The molecule has 0 spiro atoms. The summed E-state index contributed by atoms with van der Waals surface area (Å²) < 4.78 is 5.64. The average molecular weight is 257 g/mol. The van der Waals surface area contributed by atoms with E-state index in [1.165, 1.54) is 0 Å². The molecule has 0 amide bonds. The second kappa shape index (κ2) is 5.91. The summed E-state index contributed by atoms with van der Waals surface area (Å²) in [5, 5.41) is 8.61. The molecule has 4 heteroatoms. The molecule has 0 atom stereocenters. The van der Waals surface area contributed by atoms with Gasteiger partial charge in [0.2, 0.25) is 0 Å². The summed E-state index contributed by atoms with van der Waals surface area (Å²) in [5.74, 6) is 0.638. The molecule has 19 heavy (non-hydrogen) atoms. The van der Waals surface area contributed by atoms with E-state index in [-0.39, 0.29) is 6.42 Å². The summed E-state index contributed by atoms with van der Waals surface area (Å²) in [7, 11) is 0. The van der Waals surface area contributed by atoms with Gasteiger partial charge in [-0.2, -0.15) is 0 Å². The van der Waals surface area contributed by atoms with Gasteiger partial charge in [-0.25, -0.2) is 0 Å². The first kappa shape index (κ1) is 13.0. The van der Waals surface area contributed by atoms with E-state index in [9.17, 15) is 4.79 Å². The molecular weight excluding hydrogens is 242 g/mol. The molecule has 98 valence electrons. The SMILES string of the molecule is Nc1ccc(Oc2ccc(CCC(=O)O)cc2)cc1. The molecule has 0 aliphatic rings. The fraction of sp³-hybridized carbons (Fsp3) is 0.133. The van der Waals surface area contributed by atoms with Gasteiger partial charge in [0.05, 0.1) is 0 Å². The third-order valence-corrected chi connectivity index (χ3v) is 2.67. The summed E-state index contributed by atoms with van der Waals surface area (Å²) in [6.45, 7) is 0. The molecule has 3 N–H and O–H groups in total. The van der Waals surface area contributed by atoms with Crippen LogP contribution in [0.2, 0.25) is 0 Å². The van der Waals surface area contributed by atoms with Crippen LogP contribution >= 0.6 is 0 Å². The van der Waals surface area contributed by atoms with E-state index >= 15 is 0 Å². The first-order valence-corrected chi connectivity index (χ1v) is 5.97. The highest BCUT2D eigenvalue weighted by molar-refractivity contribution is 5.67. The maximum absolute atomic E-state index is 10.5. The van der Waals surface area contributed by atoms with Crippen molar-refractivity contribution in [3.8, 4) is 11.5 Å². The largest absolute Gasteiger partial charge is 0.481 e. The lowest BCUT2D eigenvalue weighted by molar-refractivity contribution is -0.136. The Kier molecular flexibility index (Phi) is 4.03. The number of rotatable bonds is 5. The van der Waals surface area contributed by atoms with Gasteiger partial charge in [0.15, 0.2) is 0 Å². The number of carbonyl (C=O) groups is 1. The highest BCUT2D eigenvalue weighted by Crippen LogP contribution is 2.22. The molecule has 0 aliphatic carbocycles. The number of carboxylic acids is 1. The summed E-state index contributed by atoms with van der Waals surface area (Å²) in [5.41, 5.74) is 7.26. The van der Waals surface area contributed by atoms with Crippen molar-refractivity contribution >= 4 is 11.7 Å². The zero-order chi connectivity index (χ0) is 13.7. The zero-order valence-corrected chi connectivity index (χ0v) is 10.4. The minimum Gasteiger partial charge on any atom is -0.481 e. The van der Waals surface area contributed by atoms with Crippen molar-refractivity contribution in [1.29, 1.82) is 0 Å². The standard InChI is InChI=1S/C15H15NO3/c16-12-4-8-14(9-5-12)19-13-6-1-11(2-7-13)3-10-15(17)18/h1-2,4-9H,3,10,16H2,(H,17,18). The molecule has 0 bridgehead atoms. The maximum Gasteiger partial charge on any atom is 0.303 e. The molecule has 0 saturated carbocycles. The minimum atomic E-state index is -0.790. The molecule has 0 aromatic heterocycles. The molecule has 0 aliphatic heterocycles. The van der Waals surface area contributed by atoms with Gasteiger partial charge in [0.25, 0.3) is 0 Å². The van der Waals surface area contributed by atoms with Gasteiger partial charge in [0, 0.05) is 12.1 Å². The number of benzene rings is 2. The molecule has 0 heterocycles. The normalized spacial score (nSPS) is 10.1. The van der Waals surface area contributed by atoms with Crippen LogP contribution in [0.15, 0.2) is 48.5 Å². The van der Waals surface area contributed by atoms with Crippen molar-refractivity contribution in [3.63, 3.8) is 0 Å². The lowest BCUT2D eigenvalue weighted by Crippen LogP contribution is -1.97. The van der Waals surface area contributed by atoms with E-state index < -0.39 is 5.97 Å². The van der Waals surface area contributed by atoms with E-state index in [0.29, 0.717) is 23.6 Å². The van der Waals surface area contributed by atoms with Crippen molar-refractivity contribution in [1.82, 2.24) is 0 Å². The second-order valence-electron chi connectivity index (χ2n) is 4.21. The molecule has 4 nitrogen and oxygen atoms in total. The second-order valence-corrected chi connectivity index (χ2v) is 4.21. The molecule has 0 unspecified atom stereocenters. The van der Waals surface area contributed by atoms with Crippen LogP contribution in [0.4, 0.5) is 5.69 Å². The molecule has 2 aromatic rings. The summed E-state index contributed by atoms with van der Waals surface area (Å²) in [6, 6.07) is 14.5. The number of hydrogen-bond acceptors (Lipinski definition) is 3. The van der Waals surface area contributed by atoms with E-state index in [1.54, 1.807) is 24.3 Å². The van der Waals surface area contributed by atoms with Crippen LogP contribution in [-0.4, -0.2) is 11.1 Å². The Labute approximate surface area is 111 Å². The fourth-order valence-corrected chi connectivity index (χ4v) is 1.65. The third-order valence-electron chi connectivity index (χ3n) is 2.67. The molecule has 0 radical (unpaired) electrons. The van der Waals surface area contributed by atoms with Crippen LogP contribution in [0.1, 0.15) is 12.0 Å². The number of nitrogen functional groups attached to an aromatic ring is 1. The maximum atomic E-state index is 10.5. The Hall–Kier alpha value is -2.49. The quantitative estimate of drug-likeness (QED) is 0.807. The monoisotopic (exact) mass is 257 g/mol. The van der Waals surface area contributed by atoms with Gasteiger partial charge in [-0.1, -0.05) is 12.1 Å². The smallest absolute Gasteiger partial charge is 0.303 e. The topological polar surface area (TPSA) is 72.5 Å². The molecule has 0 saturated heterocycles. The van der Waals surface area contributed by atoms with E-state index in [4.69, 9.17) is 15.6 Å². The van der Waals surface area contributed by atoms with Crippen LogP contribution in [0, 0.1) is 0 Å². The number of carboxylic acid groups (broad SMARTS) is 1. The van der Waals surface area contributed by atoms with Gasteiger partial charge >= 0.3 is 5.97 Å².